The molecule has 10 heteroatoms. The number of carbonyl (C=O) groups is 1. The molecule has 2 aromatic rings. The molecular formula is C20H23F3N2O4S. The van der Waals surface area contributed by atoms with E-state index in [1.165, 1.54) is 12.1 Å². The van der Waals surface area contributed by atoms with Crippen LogP contribution in [0.2, 0.25) is 0 Å². The first kappa shape index (κ1) is 23.8. The van der Waals surface area contributed by atoms with Crippen LogP contribution >= 0.6 is 0 Å². The summed E-state index contributed by atoms with van der Waals surface area (Å²) in [7, 11) is -3.08. The van der Waals surface area contributed by atoms with Crippen LogP contribution in [0.3, 0.4) is 0 Å². The SMILES string of the molecule is CC(F)(F)C(=O)N[C@H](CF)[C@H](O)c1ccc(-c2ccc(CCS(C)(=O)=O)nc2)cc1. The van der Waals surface area contributed by atoms with Gasteiger partial charge in [0.2, 0.25) is 0 Å². The van der Waals surface area contributed by atoms with Crippen molar-refractivity contribution in [3.8, 4) is 11.1 Å². The number of hydrogen-bond acceptors (Lipinski definition) is 5. The molecule has 0 fully saturated rings. The van der Waals surface area contributed by atoms with Gasteiger partial charge >= 0.3 is 5.92 Å². The predicted molar refractivity (Wildman–Crippen MR) is 107 cm³/mol. The molecule has 0 aliphatic heterocycles. The minimum absolute atomic E-state index is 0.00216. The summed E-state index contributed by atoms with van der Waals surface area (Å²) in [5, 5.41) is 12.1. The number of hydrogen-bond donors (Lipinski definition) is 2. The topological polar surface area (TPSA) is 96.4 Å². The minimum Gasteiger partial charge on any atom is -0.386 e. The summed E-state index contributed by atoms with van der Waals surface area (Å²) in [5.74, 6) is -5.34. The number of nitrogens with one attached hydrogen (secondary N) is 1. The molecule has 6 nitrogen and oxygen atoms in total. The van der Waals surface area contributed by atoms with E-state index in [0.717, 1.165) is 17.4 Å². The summed E-state index contributed by atoms with van der Waals surface area (Å²) in [6.07, 6.45) is 1.53. The van der Waals surface area contributed by atoms with Crippen molar-refractivity contribution in [2.24, 2.45) is 0 Å². The molecular weight excluding hydrogens is 421 g/mol. The van der Waals surface area contributed by atoms with Gasteiger partial charge in [-0.15, -0.1) is 0 Å². The fraction of sp³-hybridized carbons (Fsp3) is 0.400. The highest BCUT2D eigenvalue weighted by molar-refractivity contribution is 7.90. The highest BCUT2D eigenvalue weighted by Gasteiger charge is 2.35. The van der Waals surface area contributed by atoms with E-state index >= 15 is 0 Å². The maximum Gasteiger partial charge on any atom is 0.321 e. The van der Waals surface area contributed by atoms with Crippen molar-refractivity contribution < 1.29 is 31.5 Å². The summed E-state index contributed by atoms with van der Waals surface area (Å²) in [6.45, 7) is -0.830. The Bertz CT molecular complexity index is 959. The van der Waals surface area contributed by atoms with Crippen molar-refractivity contribution in [2.45, 2.75) is 31.4 Å². The van der Waals surface area contributed by atoms with Gasteiger partial charge in [0.25, 0.3) is 5.91 Å². The lowest BCUT2D eigenvalue weighted by molar-refractivity contribution is -0.145. The smallest absolute Gasteiger partial charge is 0.321 e. The second-order valence-corrected chi connectivity index (χ2v) is 9.37. The third kappa shape index (κ3) is 6.81. The maximum atomic E-state index is 13.2. The van der Waals surface area contributed by atoms with Gasteiger partial charge in [0, 0.05) is 37.1 Å². The van der Waals surface area contributed by atoms with Crippen molar-refractivity contribution in [3.05, 3.63) is 53.9 Å². The van der Waals surface area contributed by atoms with E-state index in [-0.39, 0.29) is 11.3 Å². The van der Waals surface area contributed by atoms with Crippen LogP contribution in [0.25, 0.3) is 11.1 Å². The second-order valence-electron chi connectivity index (χ2n) is 7.11. The number of pyridine rings is 1. The molecule has 2 atom stereocenters. The Balaban J connectivity index is 2.09. The minimum atomic E-state index is -3.68. The van der Waals surface area contributed by atoms with E-state index in [9.17, 15) is 31.5 Å². The van der Waals surface area contributed by atoms with Crippen molar-refractivity contribution in [2.75, 3.05) is 18.7 Å². The first-order valence-electron chi connectivity index (χ1n) is 9.06. The molecule has 1 aromatic carbocycles. The Hall–Kier alpha value is -2.46. The molecule has 0 aliphatic carbocycles. The van der Waals surface area contributed by atoms with Crippen LogP contribution in [-0.4, -0.2) is 55.1 Å². The van der Waals surface area contributed by atoms with E-state index in [1.807, 2.05) is 5.32 Å². The van der Waals surface area contributed by atoms with Gasteiger partial charge in [-0.3, -0.25) is 9.78 Å². The lowest BCUT2D eigenvalue weighted by Crippen LogP contribution is -2.47. The zero-order chi connectivity index (χ0) is 22.5. The second kappa shape index (κ2) is 9.57. The Morgan fingerprint density at radius 2 is 1.77 bits per heavy atom. The molecule has 0 radical (unpaired) electrons. The lowest BCUT2D eigenvalue weighted by atomic mass is 9.99. The van der Waals surface area contributed by atoms with E-state index in [2.05, 4.69) is 4.98 Å². The molecule has 0 spiro atoms. The van der Waals surface area contributed by atoms with E-state index in [4.69, 9.17) is 0 Å². The number of aryl methyl sites for hydroxylation is 1. The summed E-state index contributed by atoms with van der Waals surface area (Å²) in [5.41, 5.74) is 2.35. The average Bonchev–Trinajstić information content (AvgIpc) is 2.69. The van der Waals surface area contributed by atoms with Crippen LogP contribution in [0.4, 0.5) is 13.2 Å². The summed E-state index contributed by atoms with van der Waals surface area (Å²) in [4.78, 5) is 15.6. The number of benzene rings is 1. The highest BCUT2D eigenvalue weighted by Crippen LogP contribution is 2.24. The molecule has 2 rings (SSSR count). The molecule has 0 bridgehead atoms. The Morgan fingerprint density at radius 3 is 2.23 bits per heavy atom. The monoisotopic (exact) mass is 444 g/mol. The van der Waals surface area contributed by atoms with Crippen LogP contribution in [0.5, 0.6) is 0 Å². The van der Waals surface area contributed by atoms with Gasteiger partial charge in [0.1, 0.15) is 22.6 Å². The zero-order valence-electron chi connectivity index (χ0n) is 16.5. The molecule has 0 saturated carbocycles. The number of halogens is 3. The van der Waals surface area contributed by atoms with Crippen molar-refractivity contribution >= 4 is 15.7 Å². The number of amides is 1. The third-order valence-corrected chi connectivity index (χ3v) is 5.35. The van der Waals surface area contributed by atoms with Crippen LogP contribution in [0.1, 0.15) is 24.3 Å². The zero-order valence-corrected chi connectivity index (χ0v) is 17.3. The number of alkyl halides is 3. The maximum absolute atomic E-state index is 13.2. The molecule has 164 valence electrons. The fourth-order valence-corrected chi connectivity index (χ4v) is 3.22. The number of nitrogens with zero attached hydrogens (tertiary/aromatic N) is 1. The van der Waals surface area contributed by atoms with Crippen molar-refractivity contribution in [3.63, 3.8) is 0 Å². The number of rotatable bonds is 9. The highest BCUT2D eigenvalue weighted by atomic mass is 32.2. The average molecular weight is 444 g/mol. The van der Waals surface area contributed by atoms with Gasteiger partial charge in [-0.2, -0.15) is 8.78 Å². The summed E-state index contributed by atoms with van der Waals surface area (Å²) in [6, 6.07) is 8.24. The predicted octanol–water partition coefficient (Wildman–Crippen LogP) is 2.48. The van der Waals surface area contributed by atoms with Gasteiger partial charge < -0.3 is 10.4 Å². The molecule has 30 heavy (non-hydrogen) atoms. The molecule has 0 unspecified atom stereocenters. The van der Waals surface area contributed by atoms with Gasteiger partial charge in [0.05, 0.1) is 11.8 Å². The largest absolute Gasteiger partial charge is 0.386 e. The van der Waals surface area contributed by atoms with Gasteiger partial charge in [-0.25, -0.2) is 12.8 Å². The fourth-order valence-electron chi connectivity index (χ4n) is 2.64. The Labute approximate surface area is 173 Å². The first-order chi connectivity index (χ1) is 13.9. The van der Waals surface area contributed by atoms with Crippen molar-refractivity contribution in [1.29, 1.82) is 0 Å². The van der Waals surface area contributed by atoms with Crippen LogP contribution in [-0.2, 0) is 21.1 Å². The molecule has 1 aromatic heterocycles. The number of sulfone groups is 1. The molecule has 1 amide bonds. The van der Waals surface area contributed by atoms with E-state index < -0.39 is 40.5 Å². The van der Waals surface area contributed by atoms with Gasteiger partial charge in [-0.05, 0) is 17.2 Å². The first-order valence-corrected chi connectivity index (χ1v) is 11.1. The lowest BCUT2D eigenvalue weighted by Gasteiger charge is -2.23. The summed E-state index contributed by atoms with van der Waals surface area (Å²) >= 11 is 0. The Morgan fingerprint density at radius 1 is 1.17 bits per heavy atom. The Kier molecular flexibility index (Phi) is 7.59. The number of aliphatic hydroxyl groups is 1. The quantitative estimate of drug-likeness (QED) is 0.620. The molecule has 0 aliphatic rings. The van der Waals surface area contributed by atoms with Crippen LogP contribution in [0, 0.1) is 0 Å². The van der Waals surface area contributed by atoms with E-state index in [0.29, 0.717) is 19.0 Å². The van der Waals surface area contributed by atoms with Crippen LogP contribution < -0.4 is 5.32 Å². The number of aromatic nitrogens is 1. The molecule has 1 heterocycles. The molecule has 0 saturated heterocycles. The molecule has 2 N–H and O–H groups in total. The number of carbonyl (C=O) groups excluding carboxylic acids is 1. The standard InChI is InChI=1S/C20H23F3N2O4S/c1-20(22,23)19(27)25-17(11-21)18(26)14-5-3-13(4-6-14)15-7-8-16(24-12-15)9-10-30(2,28)29/h3-8,12,17-18,26H,9-11H2,1-2H3,(H,25,27)/t17-,18-/m1/s1. The van der Waals surface area contributed by atoms with Gasteiger partial charge in [-0.1, -0.05) is 30.3 Å². The third-order valence-electron chi connectivity index (χ3n) is 4.40. The van der Waals surface area contributed by atoms with E-state index in [1.54, 1.807) is 30.5 Å². The van der Waals surface area contributed by atoms with Gasteiger partial charge in [0.15, 0.2) is 0 Å². The number of aliphatic hydroxyl groups excluding tert-OH is 1. The van der Waals surface area contributed by atoms with Crippen LogP contribution in [0.15, 0.2) is 42.6 Å². The summed E-state index contributed by atoms with van der Waals surface area (Å²) < 4.78 is 61.7. The normalized spacial score (nSPS) is 14.2. The van der Waals surface area contributed by atoms with Crippen molar-refractivity contribution in [1.82, 2.24) is 10.3 Å².